The van der Waals surface area contributed by atoms with Crippen LogP contribution in [0.25, 0.3) is 0 Å². The van der Waals surface area contributed by atoms with Gasteiger partial charge >= 0.3 is 5.97 Å². The molecule has 0 aromatic heterocycles. The summed E-state index contributed by atoms with van der Waals surface area (Å²) in [6.07, 6.45) is 103. The molecule has 0 aliphatic carbocycles. The van der Waals surface area contributed by atoms with E-state index >= 15 is 0 Å². The van der Waals surface area contributed by atoms with Crippen LogP contribution in [0.1, 0.15) is 476 Å². The van der Waals surface area contributed by atoms with E-state index in [1.807, 2.05) is 0 Å². The summed E-state index contributed by atoms with van der Waals surface area (Å²) in [4.78, 5) is 24.7. The summed E-state index contributed by atoms with van der Waals surface area (Å²) < 4.78 is 5.52. The van der Waals surface area contributed by atoms with E-state index in [0.717, 1.165) is 44.9 Å². The van der Waals surface area contributed by atoms with Crippen molar-refractivity contribution in [2.75, 3.05) is 13.2 Å². The molecule has 0 aromatic rings. The average molecular weight is 1270 g/mol. The number of nitrogens with one attached hydrogen (secondary N) is 1. The van der Waals surface area contributed by atoms with Gasteiger partial charge in [0.15, 0.2) is 0 Å². The highest BCUT2D eigenvalue weighted by Crippen LogP contribution is 2.20. The van der Waals surface area contributed by atoms with E-state index in [-0.39, 0.29) is 18.5 Å². The van der Waals surface area contributed by atoms with E-state index in [2.05, 4.69) is 43.5 Å². The second-order valence-electron chi connectivity index (χ2n) is 28.8. The number of carbonyl (C=O) groups excluding carboxylic acids is 2. The van der Waals surface area contributed by atoms with Crippen molar-refractivity contribution in [1.82, 2.24) is 5.32 Å². The Labute approximate surface area is 564 Å². The molecular weight excluding hydrogens is 1100 g/mol. The Morgan fingerprint density at radius 1 is 0.311 bits per heavy atom. The lowest BCUT2D eigenvalue weighted by atomic mass is 10.0. The summed E-state index contributed by atoms with van der Waals surface area (Å²) in [7, 11) is 0. The molecule has 6 nitrogen and oxygen atoms in total. The van der Waals surface area contributed by atoms with E-state index in [1.54, 1.807) is 0 Å². The number of rotatable bonds is 79. The Morgan fingerprint density at radius 2 is 0.556 bits per heavy atom. The van der Waals surface area contributed by atoms with E-state index in [0.29, 0.717) is 25.9 Å². The first-order valence-electron chi connectivity index (χ1n) is 41.6. The third kappa shape index (κ3) is 75.4. The number of ether oxygens (including phenoxy) is 1. The number of aliphatic hydroxyl groups is 2. The molecule has 1 amide bonds. The van der Waals surface area contributed by atoms with Crippen molar-refractivity contribution in [3.63, 3.8) is 0 Å². The number of aliphatic hydroxyl groups excluding tert-OH is 2. The summed E-state index contributed by atoms with van der Waals surface area (Å²) in [5.74, 6) is -0.00929. The number of esters is 1. The molecular formula is C84H163NO5. The van der Waals surface area contributed by atoms with Crippen molar-refractivity contribution in [2.45, 2.75) is 488 Å². The van der Waals surface area contributed by atoms with Crippen molar-refractivity contribution in [3.05, 3.63) is 24.3 Å². The normalized spacial score (nSPS) is 12.5. The maximum absolute atomic E-state index is 12.6. The van der Waals surface area contributed by atoms with Gasteiger partial charge in [-0.2, -0.15) is 0 Å². The SMILES string of the molecule is CCCCCCCCCCCCCCCCCCCCCCCCCC(O)C(CO)NC(=O)CCCCCCCCCCCCCCCCC/C=C\C/C=C\CCCCCCCCCCCOC(=O)CCCCCCCCCCCCCCCCCCCCC. The number of carbonyl (C=O) groups is 2. The molecule has 0 saturated carbocycles. The number of hydrogen-bond acceptors (Lipinski definition) is 5. The monoisotopic (exact) mass is 1270 g/mol. The lowest BCUT2D eigenvalue weighted by Gasteiger charge is -2.22. The molecule has 0 spiro atoms. The van der Waals surface area contributed by atoms with Crippen molar-refractivity contribution >= 4 is 11.9 Å². The molecule has 0 aromatic carbocycles. The third-order valence-corrected chi connectivity index (χ3v) is 19.8. The van der Waals surface area contributed by atoms with Gasteiger partial charge in [0.05, 0.1) is 25.4 Å². The quantitative estimate of drug-likeness (QED) is 0.0320. The van der Waals surface area contributed by atoms with Gasteiger partial charge in [-0.15, -0.1) is 0 Å². The highest BCUT2D eigenvalue weighted by Gasteiger charge is 2.20. The Morgan fingerprint density at radius 3 is 0.844 bits per heavy atom. The Balaban J connectivity index is 3.37. The van der Waals surface area contributed by atoms with Crippen LogP contribution in [0.15, 0.2) is 24.3 Å². The van der Waals surface area contributed by atoms with Crippen LogP contribution in [-0.2, 0) is 14.3 Å². The van der Waals surface area contributed by atoms with Crippen molar-refractivity contribution in [3.8, 4) is 0 Å². The van der Waals surface area contributed by atoms with Crippen LogP contribution in [0.4, 0.5) is 0 Å². The Hall–Kier alpha value is -1.66. The van der Waals surface area contributed by atoms with Gasteiger partial charge in [0, 0.05) is 12.8 Å². The predicted octanol–water partition coefficient (Wildman–Crippen LogP) is 27.6. The predicted molar refractivity (Wildman–Crippen MR) is 398 cm³/mol. The molecule has 2 unspecified atom stereocenters. The largest absolute Gasteiger partial charge is 0.466 e. The molecule has 3 N–H and O–H groups in total. The third-order valence-electron chi connectivity index (χ3n) is 19.8. The van der Waals surface area contributed by atoms with Crippen LogP contribution in [0, 0.1) is 0 Å². The summed E-state index contributed by atoms with van der Waals surface area (Å²) in [6.45, 7) is 5.01. The molecule has 0 aliphatic rings. The molecule has 0 saturated heterocycles. The molecule has 0 bridgehead atoms. The van der Waals surface area contributed by atoms with E-state index in [4.69, 9.17) is 4.74 Å². The van der Waals surface area contributed by atoms with Crippen molar-refractivity contribution < 1.29 is 24.5 Å². The zero-order valence-corrected chi connectivity index (χ0v) is 61.4. The van der Waals surface area contributed by atoms with Gasteiger partial charge in [0.2, 0.25) is 5.91 Å². The highest BCUT2D eigenvalue weighted by molar-refractivity contribution is 5.76. The molecule has 2 atom stereocenters. The van der Waals surface area contributed by atoms with Crippen LogP contribution in [0.2, 0.25) is 0 Å². The van der Waals surface area contributed by atoms with Crippen molar-refractivity contribution in [1.29, 1.82) is 0 Å². The fraction of sp³-hybridized carbons (Fsp3) is 0.929. The molecule has 6 heteroatoms. The molecule has 0 heterocycles. The minimum atomic E-state index is -0.665. The maximum atomic E-state index is 12.6. The Bertz CT molecular complexity index is 1410. The zero-order chi connectivity index (χ0) is 64.9. The second kappa shape index (κ2) is 79.8. The molecule has 534 valence electrons. The number of hydrogen-bond donors (Lipinski definition) is 3. The van der Waals surface area contributed by atoms with Crippen LogP contribution in [-0.4, -0.2) is 47.4 Å². The van der Waals surface area contributed by atoms with E-state index in [1.165, 1.54) is 398 Å². The molecule has 0 radical (unpaired) electrons. The standard InChI is InChI=1S/C84H163NO5/c1-3-5-7-9-11-13-15-17-19-21-23-24-34-37-41-44-48-52-56-60-64-68-72-76-82(87)81(80-86)85-83(88)77-73-69-65-61-57-53-49-45-42-38-35-32-30-28-26-25-27-29-31-33-36-39-43-47-51-55-59-63-67-71-75-79-90-84(89)78-74-70-66-62-58-54-50-46-40-22-20-18-16-14-12-10-8-6-4-2/h27,29,33,36,81-82,86-87H,3-26,28,30-32,34-35,37-80H2,1-2H3,(H,85,88)/b29-27-,36-33-. The molecule has 90 heavy (non-hydrogen) atoms. The smallest absolute Gasteiger partial charge is 0.305 e. The average Bonchev–Trinajstić information content (AvgIpc) is 3.55. The van der Waals surface area contributed by atoms with Crippen molar-refractivity contribution in [2.24, 2.45) is 0 Å². The van der Waals surface area contributed by atoms with Crippen LogP contribution < -0.4 is 5.32 Å². The first-order valence-corrected chi connectivity index (χ1v) is 41.6. The maximum Gasteiger partial charge on any atom is 0.305 e. The minimum Gasteiger partial charge on any atom is -0.466 e. The van der Waals surface area contributed by atoms with Gasteiger partial charge in [-0.1, -0.05) is 430 Å². The first kappa shape index (κ1) is 88.3. The first-order chi connectivity index (χ1) is 44.5. The van der Waals surface area contributed by atoms with Gasteiger partial charge in [-0.05, 0) is 57.8 Å². The summed E-state index contributed by atoms with van der Waals surface area (Å²) >= 11 is 0. The molecule has 0 fully saturated rings. The zero-order valence-electron chi connectivity index (χ0n) is 61.4. The fourth-order valence-corrected chi connectivity index (χ4v) is 13.4. The topological polar surface area (TPSA) is 95.9 Å². The lowest BCUT2D eigenvalue weighted by molar-refractivity contribution is -0.143. The summed E-state index contributed by atoms with van der Waals surface area (Å²) in [5.41, 5.74) is 0. The van der Waals surface area contributed by atoms with Gasteiger partial charge in [-0.25, -0.2) is 0 Å². The van der Waals surface area contributed by atoms with Crippen LogP contribution in [0.5, 0.6) is 0 Å². The minimum absolute atomic E-state index is 0.0193. The molecule has 0 aliphatic heterocycles. The number of unbranched alkanes of at least 4 members (excludes halogenated alkanes) is 64. The number of amides is 1. The van der Waals surface area contributed by atoms with E-state index in [9.17, 15) is 19.8 Å². The lowest BCUT2D eigenvalue weighted by Crippen LogP contribution is -2.45. The van der Waals surface area contributed by atoms with Gasteiger partial charge in [-0.3, -0.25) is 9.59 Å². The summed E-state index contributed by atoms with van der Waals surface area (Å²) in [5, 5.41) is 23.5. The fourth-order valence-electron chi connectivity index (χ4n) is 13.4. The van der Waals surface area contributed by atoms with Gasteiger partial charge in [0.1, 0.15) is 0 Å². The number of allylic oxidation sites excluding steroid dienone is 4. The summed E-state index contributed by atoms with van der Waals surface area (Å²) in [6, 6.07) is -0.542. The molecule has 0 rings (SSSR count). The van der Waals surface area contributed by atoms with Gasteiger partial charge in [0.25, 0.3) is 0 Å². The Kier molecular flexibility index (Phi) is 78.3. The van der Waals surface area contributed by atoms with E-state index < -0.39 is 12.1 Å². The van der Waals surface area contributed by atoms with Gasteiger partial charge < -0.3 is 20.3 Å². The van der Waals surface area contributed by atoms with Crippen LogP contribution >= 0.6 is 0 Å². The van der Waals surface area contributed by atoms with Crippen LogP contribution in [0.3, 0.4) is 0 Å². The second-order valence-corrected chi connectivity index (χ2v) is 28.8. The highest BCUT2D eigenvalue weighted by atomic mass is 16.5.